The van der Waals surface area contributed by atoms with E-state index in [1.54, 1.807) is 0 Å². The van der Waals surface area contributed by atoms with Gasteiger partial charge in [-0.25, -0.2) is 4.79 Å². The van der Waals surface area contributed by atoms with Crippen molar-refractivity contribution in [2.75, 3.05) is 6.54 Å². The molecule has 0 aromatic heterocycles. The molecule has 6 nitrogen and oxygen atoms in total. The number of amidine groups is 1. The molecule has 1 unspecified atom stereocenters. The summed E-state index contributed by atoms with van der Waals surface area (Å²) in [7, 11) is 0. The lowest BCUT2D eigenvalue weighted by molar-refractivity contribution is -0.121. The first-order valence-electron chi connectivity index (χ1n) is 7.08. The number of rotatable bonds is 6. The smallest absolute Gasteiger partial charge is 0.323 e. The minimum atomic E-state index is -0.519. The van der Waals surface area contributed by atoms with Gasteiger partial charge >= 0.3 is 6.03 Å². The van der Waals surface area contributed by atoms with E-state index in [0.717, 1.165) is 12.0 Å². The van der Waals surface area contributed by atoms with Crippen molar-refractivity contribution < 1.29 is 9.59 Å². The Labute approximate surface area is 124 Å². The van der Waals surface area contributed by atoms with Gasteiger partial charge in [-0.3, -0.25) is 15.5 Å². The van der Waals surface area contributed by atoms with Crippen LogP contribution in [0.15, 0.2) is 30.3 Å². The topological polar surface area (TPSA) is 85.3 Å². The monoisotopic (exact) mass is 288 g/mol. The standard InChI is InChI=1S/C15H20N4O2/c1-2-8-17-13(20)9-12-14(16)18-15(21)19(12)10-11-6-4-3-5-7-11/h3-7,12H,2,8-10H2,1H3,(H,17,20)(H2,16,18,21). The van der Waals surface area contributed by atoms with Gasteiger partial charge in [-0.15, -0.1) is 0 Å². The molecule has 0 spiro atoms. The number of benzene rings is 1. The number of carbonyl (C=O) groups is 2. The van der Waals surface area contributed by atoms with Crippen LogP contribution in [0.1, 0.15) is 25.3 Å². The molecule has 112 valence electrons. The van der Waals surface area contributed by atoms with Crippen LogP contribution in [0.3, 0.4) is 0 Å². The maximum Gasteiger partial charge on any atom is 0.323 e. The van der Waals surface area contributed by atoms with E-state index in [1.165, 1.54) is 4.90 Å². The third-order valence-electron chi connectivity index (χ3n) is 3.36. The number of hydrogen-bond acceptors (Lipinski definition) is 3. The van der Waals surface area contributed by atoms with Crippen LogP contribution < -0.4 is 10.6 Å². The second kappa shape index (κ2) is 6.88. The summed E-state index contributed by atoms with van der Waals surface area (Å²) in [5.74, 6) is -0.0521. The molecule has 3 amide bonds. The largest absolute Gasteiger partial charge is 0.356 e. The molecule has 0 aliphatic carbocycles. The van der Waals surface area contributed by atoms with E-state index in [4.69, 9.17) is 5.41 Å². The van der Waals surface area contributed by atoms with E-state index >= 15 is 0 Å². The maximum absolute atomic E-state index is 11.9. The molecule has 3 N–H and O–H groups in total. The summed E-state index contributed by atoms with van der Waals surface area (Å²) in [6.45, 7) is 2.98. The van der Waals surface area contributed by atoms with Gasteiger partial charge in [0.05, 0.1) is 6.42 Å². The molecule has 2 rings (SSSR count). The zero-order valence-electron chi connectivity index (χ0n) is 12.1. The second-order valence-electron chi connectivity index (χ2n) is 5.03. The minimum absolute atomic E-state index is 0.0857. The van der Waals surface area contributed by atoms with E-state index in [0.29, 0.717) is 13.1 Å². The Morgan fingerprint density at radius 2 is 2.10 bits per heavy atom. The van der Waals surface area contributed by atoms with Crippen molar-refractivity contribution in [3.05, 3.63) is 35.9 Å². The molecule has 6 heteroatoms. The predicted octanol–water partition coefficient (Wildman–Crippen LogP) is 1.47. The van der Waals surface area contributed by atoms with Crippen molar-refractivity contribution in [3.8, 4) is 0 Å². The molecule has 1 saturated heterocycles. The predicted molar refractivity (Wildman–Crippen MR) is 79.9 cm³/mol. The average molecular weight is 288 g/mol. The SMILES string of the molecule is CCCNC(=O)CC1C(=N)NC(=O)N1Cc1ccccc1. The van der Waals surface area contributed by atoms with Crippen molar-refractivity contribution in [1.29, 1.82) is 5.41 Å². The number of carbonyl (C=O) groups excluding carboxylic acids is 2. The molecule has 1 fully saturated rings. The Balaban J connectivity index is 2.04. The molecular weight excluding hydrogens is 268 g/mol. The number of amides is 3. The van der Waals surface area contributed by atoms with Crippen molar-refractivity contribution in [2.45, 2.75) is 32.4 Å². The van der Waals surface area contributed by atoms with E-state index in [-0.39, 0.29) is 24.2 Å². The highest BCUT2D eigenvalue weighted by Crippen LogP contribution is 2.16. The van der Waals surface area contributed by atoms with Gasteiger partial charge in [0.15, 0.2) is 0 Å². The van der Waals surface area contributed by atoms with Crippen molar-refractivity contribution >= 4 is 17.8 Å². The fourth-order valence-corrected chi connectivity index (χ4v) is 2.25. The van der Waals surface area contributed by atoms with Gasteiger partial charge in [-0.05, 0) is 12.0 Å². The zero-order chi connectivity index (χ0) is 15.2. The molecule has 1 aliphatic rings. The molecule has 1 atom stereocenters. The van der Waals surface area contributed by atoms with Crippen LogP contribution in [0.5, 0.6) is 0 Å². The van der Waals surface area contributed by atoms with Crippen LogP contribution in [0.25, 0.3) is 0 Å². The fourth-order valence-electron chi connectivity index (χ4n) is 2.25. The van der Waals surface area contributed by atoms with Gasteiger partial charge in [-0.2, -0.15) is 0 Å². The summed E-state index contributed by atoms with van der Waals surface area (Å²) in [5.41, 5.74) is 0.973. The summed E-state index contributed by atoms with van der Waals surface area (Å²) < 4.78 is 0. The van der Waals surface area contributed by atoms with Gasteiger partial charge in [0.1, 0.15) is 11.9 Å². The van der Waals surface area contributed by atoms with Crippen LogP contribution >= 0.6 is 0 Å². The molecule has 0 saturated carbocycles. The van der Waals surface area contributed by atoms with E-state index < -0.39 is 6.04 Å². The van der Waals surface area contributed by atoms with Gasteiger partial charge in [0.25, 0.3) is 0 Å². The second-order valence-corrected chi connectivity index (χ2v) is 5.03. The summed E-state index contributed by atoms with van der Waals surface area (Å²) in [5, 5.41) is 13.1. The van der Waals surface area contributed by atoms with Crippen molar-refractivity contribution in [1.82, 2.24) is 15.5 Å². The minimum Gasteiger partial charge on any atom is -0.356 e. The number of urea groups is 1. The third-order valence-corrected chi connectivity index (χ3v) is 3.36. The third kappa shape index (κ3) is 3.81. The Bertz CT molecular complexity index is 530. The van der Waals surface area contributed by atoms with Crippen LogP contribution in [0.4, 0.5) is 4.79 Å². The normalized spacial score (nSPS) is 17.8. The van der Waals surface area contributed by atoms with E-state index in [1.807, 2.05) is 37.3 Å². The van der Waals surface area contributed by atoms with E-state index in [9.17, 15) is 9.59 Å². The summed E-state index contributed by atoms with van der Waals surface area (Å²) in [6.07, 6.45) is 0.975. The molecule has 0 radical (unpaired) electrons. The molecule has 1 aromatic carbocycles. The van der Waals surface area contributed by atoms with Crippen LogP contribution in [0, 0.1) is 5.41 Å². The lowest BCUT2D eigenvalue weighted by Gasteiger charge is -2.22. The molecular formula is C15H20N4O2. The quantitative estimate of drug-likeness (QED) is 0.740. The first kappa shape index (κ1) is 15.0. The lowest BCUT2D eigenvalue weighted by atomic mass is 10.1. The van der Waals surface area contributed by atoms with E-state index in [2.05, 4.69) is 10.6 Å². The Morgan fingerprint density at radius 3 is 2.76 bits per heavy atom. The van der Waals surface area contributed by atoms with Crippen LogP contribution in [-0.4, -0.2) is 35.3 Å². The molecule has 21 heavy (non-hydrogen) atoms. The van der Waals surface area contributed by atoms with Crippen LogP contribution in [0.2, 0.25) is 0 Å². The molecule has 0 bridgehead atoms. The first-order chi connectivity index (χ1) is 10.1. The van der Waals surface area contributed by atoms with Gasteiger partial charge in [0.2, 0.25) is 5.91 Å². The maximum atomic E-state index is 11.9. The summed E-state index contributed by atoms with van der Waals surface area (Å²) in [6, 6.07) is 8.71. The van der Waals surface area contributed by atoms with Crippen LogP contribution in [-0.2, 0) is 11.3 Å². The highest BCUT2D eigenvalue weighted by molar-refractivity contribution is 6.07. The first-order valence-corrected chi connectivity index (χ1v) is 7.08. The highest BCUT2D eigenvalue weighted by Gasteiger charge is 2.36. The van der Waals surface area contributed by atoms with Gasteiger partial charge in [0, 0.05) is 13.1 Å². The molecule has 1 aromatic rings. The lowest BCUT2D eigenvalue weighted by Crippen LogP contribution is -2.39. The Kier molecular flexibility index (Phi) is 4.92. The van der Waals surface area contributed by atoms with Gasteiger partial charge < -0.3 is 10.2 Å². The van der Waals surface area contributed by atoms with Gasteiger partial charge in [-0.1, -0.05) is 37.3 Å². The Morgan fingerprint density at radius 1 is 1.38 bits per heavy atom. The Hall–Kier alpha value is -2.37. The average Bonchev–Trinajstić information content (AvgIpc) is 2.73. The van der Waals surface area contributed by atoms with Crippen molar-refractivity contribution in [3.63, 3.8) is 0 Å². The number of hydrogen-bond donors (Lipinski definition) is 3. The molecule has 1 aliphatic heterocycles. The summed E-state index contributed by atoms with van der Waals surface area (Å²) >= 11 is 0. The fraction of sp³-hybridized carbons (Fsp3) is 0.400. The summed E-state index contributed by atoms with van der Waals surface area (Å²) in [4.78, 5) is 25.3. The van der Waals surface area contributed by atoms with Crippen molar-refractivity contribution in [2.24, 2.45) is 0 Å². The molecule has 1 heterocycles. The number of nitrogens with one attached hydrogen (secondary N) is 3. The zero-order valence-corrected chi connectivity index (χ0v) is 12.1. The number of nitrogens with zero attached hydrogens (tertiary/aromatic N) is 1. The highest BCUT2D eigenvalue weighted by atomic mass is 16.2.